The van der Waals surface area contributed by atoms with Gasteiger partial charge in [-0.3, -0.25) is 4.31 Å². The van der Waals surface area contributed by atoms with Crippen LogP contribution in [0.25, 0.3) is 5.70 Å². The summed E-state index contributed by atoms with van der Waals surface area (Å²) in [5.41, 5.74) is 5.56. The van der Waals surface area contributed by atoms with Gasteiger partial charge in [0.05, 0.1) is 29.2 Å². The van der Waals surface area contributed by atoms with E-state index in [4.69, 9.17) is 4.40 Å². The van der Waals surface area contributed by atoms with Gasteiger partial charge in [0, 0.05) is 5.56 Å². The van der Waals surface area contributed by atoms with Crippen LogP contribution in [0.3, 0.4) is 0 Å². The van der Waals surface area contributed by atoms with Crippen molar-refractivity contribution in [3.8, 4) is 0 Å². The lowest BCUT2D eigenvalue weighted by molar-refractivity contribution is 1.41. The predicted octanol–water partition coefficient (Wildman–Crippen LogP) is 5.60. The third kappa shape index (κ3) is 2.99. The summed E-state index contributed by atoms with van der Waals surface area (Å²) in [5, 5.41) is 0. The van der Waals surface area contributed by atoms with Crippen LogP contribution in [0.1, 0.15) is 11.1 Å². The number of rotatable bonds is 3. The quantitative estimate of drug-likeness (QED) is 0.582. The van der Waals surface area contributed by atoms with Crippen molar-refractivity contribution in [2.24, 2.45) is 4.40 Å². The molecule has 0 N–H and O–H groups in total. The monoisotopic (exact) mass is 328 g/mol. The smallest absolute Gasteiger partial charge is 0.0987 e. The molecule has 0 bridgehead atoms. The minimum atomic E-state index is 0.992. The summed E-state index contributed by atoms with van der Waals surface area (Å²) in [6.07, 6.45) is 2.16. The van der Waals surface area contributed by atoms with Crippen LogP contribution in [0, 0.1) is 0 Å². The Hall–Kier alpha value is -2.78. The van der Waals surface area contributed by atoms with E-state index in [-0.39, 0.29) is 0 Å². The van der Waals surface area contributed by atoms with Gasteiger partial charge in [0.25, 0.3) is 0 Å². The van der Waals surface area contributed by atoms with Crippen molar-refractivity contribution in [3.05, 3.63) is 108 Å². The molecule has 0 saturated heterocycles. The molecule has 0 amide bonds. The second-order valence-corrected chi connectivity index (χ2v) is 6.16. The summed E-state index contributed by atoms with van der Waals surface area (Å²) in [4.78, 5) is 0. The van der Waals surface area contributed by atoms with Gasteiger partial charge in [-0.15, -0.1) is 0 Å². The van der Waals surface area contributed by atoms with E-state index in [9.17, 15) is 0 Å². The minimum Gasteiger partial charge on any atom is -0.265 e. The van der Waals surface area contributed by atoms with Gasteiger partial charge in [-0.2, -0.15) is 4.40 Å². The largest absolute Gasteiger partial charge is 0.265 e. The van der Waals surface area contributed by atoms with Crippen LogP contribution in [0.5, 0.6) is 0 Å². The fourth-order valence-corrected chi connectivity index (χ4v) is 3.44. The second kappa shape index (κ2) is 6.77. The molecule has 0 unspecified atom stereocenters. The highest BCUT2D eigenvalue weighted by Crippen LogP contribution is 2.36. The molecule has 0 fully saturated rings. The molecule has 0 saturated carbocycles. The van der Waals surface area contributed by atoms with Gasteiger partial charge in [-0.05, 0) is 23.8 Å². The Labute approximate surface area is 146 Å². The van der Waals surface area contributed by atoms with E-state index in [0.717, 1.165) is 22.7 Å². The van der Waals surface area contributed by atoms with Crippen LogP contribution >= 0.6 is 12.1 Å². The predicted molar refractivity (Wildman–Crippen MR) is 104 cm³/mol. The van der Waals surface area contributed by atoms with Crippen molar-refractivity contribution in [3.63, 3.8) is 0 Å². The lowest BCUT2D eigenvalue weighted by atomic mass is 10.1. The van der Waals surface area contributed by atoms with Crippen molar-refractivity contribution < 1.29 is 0 Å². The molecule has 1 heterocycles. The topological polar surface area (TPSA) is 15.6 Å². The van der Waals surface area contributed by atoms with E-state index in [1.54, 1.807) is 0 Å². The molecule has 116 valence electrons. The molecule has 3 heteroatoms. The van der Waals surface area contributed by atoms with Gasteiger partial charge < -0.3 is 0 Å². The van der Waals surface area contributed by atoms with Gasteiger partial charge in [0.2, 0.25) is 0 Å². The molecule has 0 aromatic heterocycles. The average molecular weight is 328 g/mol. The van der Waals surface area contributed by atoms with Gasteiger partial charge in [0.15, 0.2) is 0 Å². The summed E-state index contributed by atoms with van der Waals surface area (Å²) in [5.74, 6) is 0. The molecular formula is C21H16N2S. The van der Waals surface area contributed by atoms with Crippen LogP contribution in [0.4, 0.5) is 5.69 Å². The van der Waals surface area contributed by atoms with Crippen molar-refractivity contribution in [1.82, 2.24) is 0 Å². The molecule has 4 rings (SSSR count). The zero-order valence-corrected chi connectivity index (χ0v) is 13.9. The average Bonchev–Trinajstić information content (AvgIpc) is 2.69. The molecule has 1 aliphatic heterocycles. The van der Waals surface area contributed by atoms with E-state index in [2.05, 4.69) is 71.0 Å². The van der Waals surface area contributed by atoms with Crippen molar-refractivity contribution in [2.45, 2.75) is 0 Å². The maximum absolute atomic E-state index is 4.72. The number of nitrogens with zero attached hydrogens (tertiary/aromatic N) is 2. The maximum Gasteiger partial charge on any atom is 0.0987 e. The van der Waals surface area contributed by atoms with Crippen molar-refractivity contribution >= 4 is 29.2 Å². The first-order valence-electron chi connectivity index (χ1n) is 7.85. The van der Waals surface area contributed by atoms with Gasteiger partial charge >= 0.3 is 0 Å². The van der Waals surface area contributed by atoms with Gasteiger partial charge in [0.1, 0.15) is 0 Å². The summed E-state index contributed by atoms with van der Waals surface area (Å²) < 4.78 is 6.88. The molecular weight excluding hydrogens is 312 g/mol. The van der Waals surface area contributed by atoms with E-state index in [0.29, 0.717) is 0 Å². The van der Waals surface area contributed by atoms with Crippen molar-refractivity contribution in [1.29, 1.82) is 0 Å². The molecule has 3 aromatic carbocycles. The third-order valence-electron chi connectivity index (χ3n) is 3.84. The first kappa shape index (κ1) is 14.8. The summed E-state index contributed by atoms with van der Waals surface area (Å²) in [6.45, 7) is 0. The highest BCUT2D eigenvalue weighted by atomic mass is 32.2. The van der Waals surface area contributed by atoms with Crippen LogP contribution in [-0.2, 0) is 0 Å². The first-order chi connectivity index (χ1) is 11.9. The number of anilines is 1. The van der Waals surface area contributed by atoms with E-state index >= 15 is 0 Å². The van der Waals surface area contributed by atoms with Gasteiger partial charge in [-0.25, -0.2) is 0 Å². The molecule has 0 aliphatic carbocycles. The van der Waals surface area contributed by atoms with Crippen molar-refractivity contribution in [2.75, 3.05) is 4.31 Å². The number of allylic oxidation sites excluding steroid dienone is 1. The SMILES string of the molecule is C1=C(c2ccccc2)N(c2ccccc2)SN=C1c1ccccc1. The maximum atomic E-state index is 4.72. The van der Waals surface area contributed by atoms with E-state index in [1.165, 1.54) is 17.7 Å². The minimum absolute atomic E-state index is 0.992. The zero-order chi connectivity index (χ0) is 16.2. The lowest BCUT2D eigenvalue weighted by Crippen LogP contribution is -2.17. The normalized spacial score (nSPS) is 14.1. The summed E-state index contributed by atoms with van der Waals surface area (Å²) in [7, 11) is 0. The van der Waals surface area contributed by atoms with Crippen LogP contribution < -0.4 is 4.31 Å². The summed E-state index contributed by atoms with van der Waals surface area (Å²) >= 11 is 1.48. The van der Waals surface area contributed by atoms with E-state index < -0.39 is 0 Å². The fraction of sp³-hybridized carbons (Fsp3) is 0. The highest BCUT2D eigenvalue weighted by Gasteiger charge is 2.20. The number of para-hydroxylation sites is 1. The van der Waals surface area contributed by atoms with Crippen LogP contribution in [-0.4, -0.2) is 5.71 Å². The molecule has 3 aromatic rings. The molecule has 24 heavy (non-hydrogen) atoms. The summed E-state index contributed by atoms with van der Waals surface area (Å²) in [6, 6.07) is 31.1. The Morgan fingerprint density at radius 2 is 1.17 bits per heavy atom. The third-order valence-corrected chi connectivity index (χ3v) is 4.69. The molecule has 0 spiro atoms. The second-order valence-electron chi connectivity index (χ2n) is 5.45. The van der Waals surface area contributed by atoms with Gasteiger partial charge in [-0.1, -0.05) is 78.9 Å². The van der Waals surface area contributed by atoms with E-state index in [1.807, 2.05) is 30.3 Å². The number of hydrogen-bond donors (Lipinski definition) is 0. The molecule has 1 aliphatic rings. The zero-order valence-electron chi connectivity index (χ0n) is 13.0. The fourth-order valence-electron chi connectivity index (χ4n) is 2.65. The Balaban J connectivity index is 1.79. The molecule has 0 radical (unpaired) electrons. The lowest BCUT2D eigenvalue weighted by Gasteiger charge is -2.27. The van der Waals surface area contributed by atoms with Crippen LogP contribution in [0.15, 0.2) is 101 Å². The molecule has 2 nitrogen and oxygen atoms in total. The Bertz CT molecular complexity index is 871. The molecule has 0 atom stereocenters. The van der Waals surface area contributed by atoms with Crippen LogP contribution in [0.2, 0.25) is 0 Å². The Kier molecular flexibility index (Phi) is 4.17. The Morgan fingerprint density at radius 1 is 0.625 bits per heavy atom. The number of benzene rings is 3. The Morgan fingerprint density at radius 3 is 1.79 bits per heavy atom. The standard InChI is InChI=1S/C21H16N2S/c1-4-10-17(11-5-1)20-16-21(18-12-6-2-7-13-18)23(24-22-20)19-14-8-3-9-15-19/h1-16H. The highest BCUT2D eigenvalue weighted by molar-refractivity contribution is 8.00. The first-order valence-corrected chi connectivity index (χ1v) is 8.58. The number of hydrogen-bond acceptors (Lipinski definition) is 3.